The van der Waals surface area contributed by atoms with Crippen molar-refractivity contribution in [3.63, 3.8) is 0 Å². The van der Waals surface area contributed by atoms with Gasteiger partial charge in [0.2, 0.25) is 5.78 Å². The lowest BCUT2D eigenvalue weighted by atomic mass is 10.0. The molecule has 0 bridgehead atoms. The number of ketones is 1. The number of nitrogens with zero attached hydrogens (tertiary/aromatic N) is 3. The van der Waals surface area contributed by atoms with Crippen molar-refractivity contribution in [1.82, 2.24) is 9.80 Å². The maximum absolute atomic E-state index is 12.8. The van der Waals surface area contributed by atoms with Gasteiger partial charge in [-0.25, -0.2) is 0 Å². The van der Waals surface area contributed by atoms with Gasteiger partial charge in [-0.15, -0.1) is 11.0 Å². The van der Waals surface area contributed by atoms with E-state index in [1.807, 2.05) is 0 Å². The van der Waals surface area contributed by atoms with Crippen LogP contribution >= 0.6 is 0 Å². The van der Waals surface area contributed by atoms with Crippen molar-refractivity contribution in [3.05, 3.63) is 58.8 Å². The quantitative estimate of drug-likeness (QED) is 0.571. The normalized spacial score (nSPS) is 18.5. The molecule has 2 aromatic rings. The van der Waals surface area contributed by atoms with Gasteiger partial charge in [0, 0.05) is 38.3 Å². The summed E-state index contributed by atoms with van der Waals surface area (Å²) in [5, 5.41) is 30.9. The molecule has 2 aliphatic rings. The zero-order chi connectivity index (χ0) is 21.3. The molecule has 0 atom stereocenters. The van der Waals surface area contributed by atoms with Crippen molar-refractivity contribution in [2.45, 2.75) is 13.5 Å². The molecule has 0 spiro atoms. The fourth-order valence-electron chi connectivity index (χ4n) is 3.82. The molecule has 8 heteroatoms. The zero-order valence-corrected chi connectivity index (χ0v) is 16.7. The number of hydrogen-bond donors (Lipinski definition) is 2. The number of hydrogen-bond acceptors (Lipinski definition) is 8. The van der Waals surface area contributed by atoms with Crippen LogP contribution in [0.5, 0.6) is 11.5 Å². The Labute approximate surface area is 174 Å². The molecule has 2 aliphatic heterocycles. The van der Waals surface area contributed by atoms with Crippen molar-refractivity contribution < 1.29 is 25.1 Å². The molecule has 0 radical (unpaired) electrons. The second-order valence-electron chi connectivity index (χ2n) is 7.45. The molecule has 0 unspecified atom stereocenters. The van der Waals surface area contributed by atoms with Gasteiger partial charge >= 0.3 is 0 Å². The number of fused-ring (bicyclic) bond motifs is 1. The average Bonchev–Trinajstić information content (AvgIpc) is 3.06. The predicted molar refractivity (Wildman–Crippen MR) is 109 cm³/mol. The highest BCUT2D eigenvalue weighted by atomic mass is 16.8. The molecule has 8 nitrogen and oxygen atoms in total. The molecule has 1 saturated heterocycles. The number of likely N-dealkylation sites (N-methyl/N-ethyl adjacent to an activating group) is 1. The third-order valence-corrected chi connectivity index (χ3v) is 5.59. The van der Waals surface area contributed by atoms with Crippen molar-refractivity contribution >= 4 is 17.5 Å². The summed E-state index contributed by atoms with van der Waals surface area (Å²) in [6.45, 7) is 7.22. The minimum absolute atomic E-state index is 0.00812. The lowest BCUT2D eigenvalue weighted by Crippen LogP contribution is -2.45. The Balaban J connectivity index is 1.59. The Morgan fingerprint density at radius 1 is 1.13 bits per heavy atom. The Morgan fingerprint density at radius 3 is 2.57 bits per heavy atom. The van der Waals surface area contributed by atoms with Crippen LogP contribution in [0.2, 0.25) is 0 Å². The summed E-state index contributed by atoms with van der Waals surface area (Å²) in [6.07, 6.45) is 1.53. The first-order valence-corrected chi connectivity index (χ1v) is 9.96. The molecule has 0 amide bonds. The molecule has 158 valence electrons. The Hall–Kier alpha value is -2.91. The molecule has 0 saturated carbocycles. The lowest BCUT2D eigenvalue weighted by Gasteiger charge is -2.35. The topological polar surface area (TPSA) is 99.5 Å². The van der Waals surface area contributed by atoms with Gasteiger partial charge in [0.25, 0.3) is 0 Å². The van der Waals surface area contributed by atoms with Crippen LogP contribution in [-0.4, -0.2) is 58.7 Å². The van der Waals surface area contributed by atoms with Gasteiger partial charge in [-0.2, -0.15) is 0 Å². The highest BCUT2D eigenvalue weighted by molar-refractivity contribution is 6.15. The van der Waals surface area contributed by atoms with Crippen LogP contribution in [0.3, 0.4) is 0 Å². The zero-order valence-electron chi connectivity index (χ0n) is 16.7. The first-order valence-electron chi connectivity index (χ1n) is 9.96. The largest absolute Gasteiger partial charge is 0.872 e. The molecular formula is C22H24N3O5-. The highest BCUT2D eigenvalue weighted by Crippen LogP contribution is 2.39. The van der Waals surface area contributed by atoms with E-state index in [2.05, 4.69) is 16.7 Å². The Bertz CT molecular complexity index is 981. The number of rotatable bonds is 5. The van der Waals surface area contributed by atoms with E-state index in [0.29, 0.717) is 29.0 Å². The van der Waals surface area contributed by atoms with E-state index >= 15 is 0 Å². The van der Waals surface area contributed by atoms with Crippen LogP contribution in [0.1, 0.15) is 28.4 Å². The van der Waals surface area contributed by atoms with E-state index in [4.69, 9.17) is 4.74 Å². The van der Waals surface area contributed by atoms with Crippen LogP contribution < -0.4 is 15.1 Å². The van der Waals surface area contributed by atoms with E-state index in [1.54, 1.807) is 12.1 Å². The Morgan fingerprint density at radius 2 is 1.87 bits per heavy atom. The number of ether oxygens (including phenoxy) is 1. The van der Waals surface area contributed by atoms with Crippen LogP contribution in [0, 0.1) is 0 Å². The summed E-state index contributed by atoms with van der Waals surface area (Å²) in [5.41, 5.74) is 1.60. The first-order chi connectivity index (χ1) is 14.5. The van der Waals surface area contributed by atoms with Crippen LogP contribution in [0.4, 0.5) is 5.69 Å². The summed E-state index contributed by atoms with van der Waals surface area (Å²) < 4.78 is 5.86. The summed E-state index contributed by atoms with van der Waals surface area (Å²) in [5.74, 6) is 0.00207. The fraction of sp³-hybridized carbons (Fsp3) is 0.318. The second kappa shape index (κ2) is 8.45. The summed E-state index contributed by atoms with van der Waals surface area (Å²) in [4.78, 5) is 17.4. The van der Waals surface area contributed by atoms with Crippen LogP contribution in [-0.2, 0) is 6.54 Å². The maximum Gasteiger partial charge on any atom is 0.231 e. The molecule has 4 rings (SSSR count). The monoisotopic (exact) mass is 410 g/mol. The summed E-state index contributed by atoms with van der Waals surface area (Å²) in [7, 11) is 0. The van der Waals surface area contributed by atoms with Crippen molar-refractivity contribution in [1.29, 1.82) is 0 Å². The van der Waals surface area contributed by atoms with Gasteiger partial charge in [0.1, 0.15) is 5.75 Å². The van der Waals surface area contributed by atoms with E-state index < -0.39 is 0 Å². The van der Waals surface area contributed by atoms with Crippen LogP contribution in [0.25, 0.3) is 6.08 Å². The SMILES string of the molecule is CCN1CCN(Cc2c([O-])ccc3c2OC(=Cc2cccc(N(O)O)c2)C3=O)CC1. The van der Waals surface area contributed by atoms with E-state index in [9.17, 15) is 20.3 Å². The summed E-state index contributed by atoms with van der Waals surface area (Å²) in [6, 6.07) is 9.29. The van der Waals surface area contributed by atoms with E-state index in [-0.39, 0.29) is 28.2 Å². The van der Waals surface area contributed by atoms with Gasteiger partial charge in [-0.1, -0.05) is 25.1 Å². The van der Waals surface area contributed by atoms with Gasteiger partial charge < -0.3 is 14.7 Å². The second-order valence-corrected chi connectivity index (χ2v) is 7.45. The molecule has 30 heavy (non-hydrogen) atoms. The molecule has 2 heterocycles. The minimum atomic E-state index is -0.294. The standard InChI is InChI=1S/C22H25N3O5/c1-2-23-8-10-24(11-9-23)14-18-19(26)7-6-17-21(27)20(30-22(17)18)13-15-4-3-5-16(12-15)25(28)29/h3-7,12-13,26,28-29H,2,8-11,14H2,1H3/p-1. The fourth-order valence-corrected chi connectivity index (χ4v) is 3.82. The molecular weight excluding hydrogens is 386 g/mol. The smallest absolute Gasteiger partial charge is 0.231 e. The van der Waals surface area contributed by atoms with Gasteiger partial charge in [-0.3, -0.25) is 20.1 Å². The third-order valence-electron chi connectivity index (χ3n) is 5.59. The highest BCUT2D eigenvalue weighted by Gasteiger charge is 2.30. The number of benzene rings is 2. The molecule has 1 fully saturated rings. The molecule has 2 aromatic carbocycles. The van der Waals surface area contributed by atoms with Crippen molar-refractivity contribution in [3.8, 4) is 11.5 Å². The molecule has 0 aliphatic carbocycles. The maximum atomic E-state index is 12.8. The van der Waals surface area contributed by atoms with Crippen molar-refractivity contribution in [2.24, 2.45) is 0 Å². The number of Topliss-reactive ketones (excluding diaryl/α,β-unsaturated/α-hetero) is 1. The van der Waals surface area contributed by atoms with Crippen LogP contribution in [0.15, 0.2) is 42.2 Å². The number of allylic oxidation sites excluding steroid dienone is 1. The number of anilines is 1. The summed E-state index contributed by atoms with van der Waals surface area (Å²) >= 11 is 0. The minimum Gasteiger partial charge on any atom is -0.872 e. The molecule has 0 aromatic heterocycles. The molecule has 2 N–H and O–H groups in total. The average molecular weight is 410 g/mol. The van der Waals surface area contributed by atoms with Gasteiger partial charge in [-0.05, 0) is 36.4 Å². The number of piperazine rings is 1. The van der Waals surface area contributed by atoms with Crippen molar-refractivity contribution in [2.75, 3.05) is 38.0 Å². The Kier molecular flexibility index (Phi) is 5.74. The number of carbonyl (C=O) groups is 1. The van der Waals surface area contributed by atoms with E-state index in [0.717, 1.165) is 32.7 Å². The third kappa shape index (κ3) is 4.03. The first kappa shape index (κ1) is 20.4. The van der Waals surface area contributed by atoms with E-state index in [1.165, 1.54) is 30.3 Å². The lowest BCUT2D eigenvalue weighted by molar-refractivity contribution is -0.269. The van der Waals surface area contributed by atoms with Gasteiger partial charge in [0.05, 0.1) is 11.3 Å². The number of carbonyl (C=O) groups excluding carboxylic acids is 1. The van der Waals surface area contributed by atoms with Gasteiger partial charge in [0.15, 0.2) is 5.76 Å². The predicted octanol–water partition coefficient (Wildman–Crippen LogP) is 2.10.